The molecular formula is C15H22N2O4. The molecule has 4 unspecified atom stereocenters. The van der Waals surface area contributed by atoms with Gasteiger partial charge in [0.05, 0.1) is 0 Å². The molecular weight excluding hydrogens is 272 g/mol. The van der Waals surface area contributed by atoms with Gasteiger partial charge in [0.2, 0.25) is 11.8 Å². The fourth-order valence-electron chi connectivity index (χ4n) is 2.98. The number of imide groups is 1. The van der Waals surface area contributed by atoms with Crippen LogP contribution in [0.2, 0.25) is 0 Å². The molecule has 2 aliphatic heterocycles. The highest BCUT2D eigenvalue weighted by atomic mass is 16.6. The Morgan fingerprint density at radius 2 is 1.90 bits per heavy atom. The van der Waals surface area contributed by atoms with Crippen molar-refractivity contribution in [3.8, 4) is 0 Å². The third-order valence-electron chi connectivity index (χ3n) is 4.23. The minimum atomic E-state index is -0.523. The molecule has 4 atom stereocenters. The summed E-state index contributed by atoms with van der Waals surface area (Å²) in [5.41, 5.74) is -0.523. The number of carbonyl (C=O) groups is 3. The number of nitrogens with one attached hydrogen (secondary N) is 1. The third-order valence-corrected chi connectivity index (χ3v) is 4.23. The third kappa shape index (κ3) is 3.19. The molecule has 0 spiro atoms. The fourth-order valence-corrected chi connectivity index (χ4v) is 2.98. The van der Waals surface area contributed by atoms with Gasteiger partial charge in [-0.05, 0) is 45.4 Å². The van der Waals surface area contributed by atoms with Gasteiger partial charge < -0.3 is 10.1 Å². The van der Waals surface area contributed by atoms with E-state index in [9.17, 15) is 14.4 Å². The molecule has 0 aromatic carbocycles. The number of amides is 3. The Hall–Kier alpha value is -1.59. The van der Waals surface area contributed by atoms with Crippen molar-refractivity contribution >= 4 is 17.9 Å². The van der Waals surface area contributed by atoms with E-state index in [1.165, 1.54) is 11.3 Å². The van der Waals surface area contributed by atoms with E-state index in [1.54, 1.807) is 20.8 Å². The number of rotatable bonds is 0. The van der Waals surface area contributed by atoms with Gasteiger partial charge in [-0.1, -0.05) is 0 Å². The van der Waals surface area contributed by atoms with Gasteiger partial charge in [-0.2, -0.15) is 0 Å². The molecule has 4 fully saturated rings. The summed E-state index contributed by atoms with van der Waals surface area (Å²) in [6, 6.07) is 0.727. The normalized spacial score (nSPS) is 35.3. The molecule has 3 amide bonds. The summed E-state index contributed by atoms with van der Waals surface area (Å²) >= 11 is 0. The standard InChI is InChI=1S/C10H15NO3.C5H7NO/c1-10(2,3)14-9(13)11-7-4-6(7)5-8(11)12;7-5-2-3-1-4(3)6-5/h6-7H,4-5H2,1-3H3;3-4H,1-2H2,(H,6,7). The second kappa shape index (κ2) is 4.71. The number of likely N-dealkylation sites (tertiary alicyclic amines) is 1. The molecule has 0 aromatic heterocycles. The van der Waals surface area contributed by atoms with Crippen molar-refractivity contribution in [3.05, 3.63) is 0 Å². The average molecular weight is 294 g/mol. The topological polar surface area (TPSA) is 75.7 Å². The van der Waals surface area contributed by atoms with Crippen LogP contribution in [0.3, 0.4) is 0 Å². The van der Waals surface area contributed by atoms with Crippen LogP contribution in [-0.4, -0.2) is 40.5 Å². The highest BCUT2D eigenvalue weighted by Gasteiger charge is 2.55. The molecule has 0 radical (unpaired) electrons. The monoisotopic (exact) mass is 294 g/mol. The lowest BCUT2D eigenvalue weighted by atomic mass is 10.2. The van der Waals surface area contributed by atoms with Crippen molar-refractivity contribution in [2.24, 2.45) is 11.8 Å². The van der Waals surface area contributed by atoms with Crippen molar-refractivity contribution < 1.29 is 19.1 Å². The largest absolute Gasteiger partial charge is 0.443 e. The van der Waals surface area contributed by atoms with Crippen LogP contribution in [-0.2, 0) is 14.3 Å². The smallest absolute Gasteiger partial charge is 0.417 e. The van der Waals surface area contributed by atoms with Crippen molar-refractivity contribution in [2.75, 3.05) is 0 Å². The number of fused-ring (bicyclic) bond motifs is 2. The Morgan fingerprint density at radius 1 is 1.19 bits per heavy atom. The van der Waals surface area contributed by atoms with Gasteiger partial charge in [0, 0.05) is 24.9 Å². The summed E-state index contributed by atoms with van der Waals surface area (Å²) in [5, 5.41) is 2.85. The molecule has 1 N–H and O–H groups in total. The van der Waals surface area contributed by atoms with Crippen LogP contribution in [0, 0.1) is 11.8 Å². The van der Waals surface area contributed by atoms with E-state index in [0.717, 1.165) is 18.8 Å². The number of hydrogen-bond donors (Lipinski definition) is 1. The zero-order valence-corrected chi connectivity index (χ0v) is 12.7. The van der Waals surface area contributed by atoms with Gasteiger partial charge in [0.1, 0.15) is 5.60 Å². The van der Waals surface area contributed by atoms with E-state index in [-0.39, 0.29) is 17.9 Å². The van der Waals surface area contributed by atoms with Crippen LogP contribution < -0.4 is 5.32 Å². The summed E-state index contributed by atoms with van der Waals surface area (Å²) < 4.78 is 5.16. The van der Waals surface area contributed by atoms with Crippen LogP contribution in [0.15, 0.2) is 0 Å². The van der Waals surface area contributed by atoms with Gasteiger partial charge in [0.25, 0.3) is 0 Å². The maximum Gasteiger partial charge on any atom is 0.417 e. The first-order chi connectivity index (χ1) is 9.74. The SMILES string of the molecule is CC(C)(C)OC(=O)N1C(=O)CC2CC21.O=C1CC2CC2N1. The Kier molecular flexibility index (Phi) is 3.22. The predicted octanol–water partition coefficient (Wildman–Crippen LogP) is 1.44. The number of nitrogens with zero attached hydrogens (tertiary/aromatic N) is 1. The first kappa shape index (κ1) is 14.4. The summed E-state index contributed by atoms with van der Waals surface area (Å²) in [5.74, 6) is 1.31. The van der Waals surface area contributed by atoms with Crippen molar-refractivity contribution in [2.45, 2.75) is 64.1 Å². The lowest BCUT2D eigenvalue weighted by molar-refractivity contribution is -0.128. The first-order valence-corrected chi connectivity index (χ1v) is 7.59. The van der Waals surface area contributed by atoms with E-state index in [2.05, 4.69) is 5.32 Å². The highest BCUT2D eigenvalue weighted by Crippen LogP contribution is 2.45. The summed E-state index contributed by atoms with van der Waals surface area (Å²) in [6.07, 6.45) is 3.04. The minimum absolute atomic E-state index is 0.0829. The second-order valence-electron chi connectivity index (χ2n) is 7.39. The molecule has 116 valence electrons. The van der Waals surface area contributed by atoms with Crippen LogP contribution in [0.4, 0.5) is 4.79 Å². The Morgan fingerprint density at radius 3 is 2.29 bits per heavy atom. The maximum absolute atomic E-state index is 11.6. The summed E-state index contributed by atoms with van der Waals surface area (Å²) in [7, 11) is 0. The minimum Gasteiger partial charge on any atom is -0.443 e. The lowest BCUT2D eigenvalue weighted by Crippen LogP contribution is -2.39. The molecule has 0 aromatic rings. The van der Waals surface area contributed by atoms with Crippen molar-refractivity contribution in [3.63, 3.8) is 0 Å². The second-order valence-corrected chi connectivity index (χ2v) is 7.39. The van der Waals surface area contributed by atoms with Gasteiger partial charge >= 0.3 is 6.09 Å². The molecule has 0 bridgehead atoms. The molecule has 2 aliphatic carbocycles. The zero-order valence-electron chi connectivity index (χ0n) is 12.7. The van der Waals surface area contributed by atoms with Gasteiger partial charge in [-0.15, -0.1) is 0 Å². The Labute approximate surface area is 124 Å². The summed E-state index contributed by atoms with van der Waals surface area (Å²) in [4.78, 5) is 34.6. The van der Waals surface area contributed by atoms with Crippen molar-refractivity contribution in [1.82, 2.24) is 10.2 Å². The molecule has 2 saturated heterocycles. The lowest BCUT2D eigenvalue weighted by Gasteiger charge is -2.24. The van der Waals surface area contributed by atoms with Crippen LogP contribution in [0.1, 0.15) is 46.5 Å². The fraction of sp³-hybridized carbons (Fsp3) is 0.800. The average Bonchev–Trinajstić information content (AvgIpc) is 3.16. The van der Waals surface area contributed by atoms with Gasteiger partial charge in [-0.3, -0.25) is 9.59 Å². The molecule has 6 heteroatoms. The Bertz CT molecular complexity index is 484. The van der Waals surface area contributed by atoms with Gasteiger partial charge in [0.15, 0.2) is 0 Å². The van der Waals surface area contributed by atoms with Crippen molar-refractivity contribution in [1.29, 1.82) is 0 Å². The van der Waals surface area contributed by atoms with E-state index >= 15 is 0 Å². The van der Waals surface area contributed by atoms with E-state index in [1.807, 2.05) is 0 Å². The van der Waals surface area contributed by atoms with E-state index in [0.29, 0.717) is 18.4 Å². The highest BCUT2D eigenvalue weighted by molar-refractivity contribution is 5.95. The number of hydrogen-bond acceptors (Lipinski definition) is 4. The number of piperidine rings is 2. The van der Waals surface area contributed by atoms with E-state index < -0.39 is 11.7 Å². The maximum atomic E-state index is 11.6. The molecule has 4 rings (SSSR count). The zero-order chi connectivity index (χ0) is 15.4. The quantitative estimate of drug-likeness (QED) is 0.733. The molecule has 21 heavy (non-hydrogen) atoms. The number of carbonyl (C=O) groups excluding carboxylic acids is 3. The predicted molar refractivity (Wildman–Crippen MR) is 74.2 cm³/mol. The molecule has 6 nitrogen and oxygen atoms in total. The molecule has 2 heterocycles. The summed E-state index contributed by atoms with van der Waals surface area (Å²) in [6.45, 7) is 5.40. The van der Waals surface area contributed by atoms with Gasteiger partial charge in [-0.25, -0.2) is 9.69 Å². The molecule has 2 saturated carbocycles. The van der Waals surface area contributed by atoms with Crippen LogP contribution in [0.25, 0.3) is 0 Å². The van der Waals surface area contributed by atoms with Crippen LogP contribution >= 0.6 is 0 Å². The van der Waals surface area contributed by atoms with Crippen LogP contribution in [0.5, 0.6) is 0 Å². The Balaban J connectivity index is 0.000000156. The first-order valence-electron chi connectivity index (χ1n) is 7.59. The number of ether oxygens (including phenoxy) is 1. The molecule has 4 aliphatic rings. The van der Waals surface area contributed by atoms with E-state index in [4.69, 9.17) is 4.74 Å².